The SMILES string of the molecule is Cn1nncc1NCCC1CCC1. The fourth-order valence-electron chi connectivity index (χ4n) is 1.64. The molecule has 13 heavy (non-hydrogen) atoms. The number of hydrogen-bond donors (Lipinski definition) is 1. The Balaban J connectivity index is 1.70. The molecule has 4 heteroatoms. The summed E-state index contributed by atoms with van der Waals surface area (Å²) in [5, 5.41) is 11.0. The smallest absolute Gasteiger partial charge is 0.144 e. The zero-order valence-corrected chi connectivity index (χ0v) is 8.03. The molecule has 0 atom stereocenters. The molecule has 2 rings (SSSR count). The molecule has 1 aliphatic carbocycles. The van der Waals surface area contributed by atoms with Crippen LogP contribution in [0.2, 0.25) is 0 Å². The highest BCUT2D eigenvalue weighted by Crippen LogP contribution is 2.28. The van der Waals surface area contributed by atoms with Gasteiger partial charge in [-0.2, -0.15) is 0 Å². The van der Waals surface area contributed by atoms with Gasteiger partial charge in [0.15, 0.2) is 0 Å². The van der Waals surface area contributed by atoms with Crippen LogP contribution in [-0.4, -0.2) is 21.5 Å². The molecule has 0 radical (unpaired) electrons. The fraction of sp³-hybridized carbons (Fsp3) is 0.778. The van der Waals surface area contributed by atoms with Crippen molar-refractivity contribution >= 4 is 5.82 Å². The van der Waals surface area contributed by atoms with Gasteiger partial charge in [-0.1, -0.05) is 24.5 Å². The maximum Gasteiger partial charge on any atom is 0.144 e. The normalized spacial score (nSPS) is 17.0. The zero-order valence-electron chi connectivity index (χ0n) is 8.03. The summed E-state index contributed by atoms with van der Waals surface area (Å²) in [6.07, 6.45) is 7.32. The Morgan fingerprint density at radius 3 is 3.00 bits per heavy atom. The lowest BCUT2D eigenvalue weighted by molar-refractivity contribution is 0.302. The zero-order chi connectivity index (χ0) is 9.10. The number of anilines is 1. The third-order valence-corrected chi connectivity index (χ3v) is 2.80. The molecule has 1 aromatic rings. The molecule has 0 aliphatic heterocycles. The van der Waals surface area contributed by atoms with E-state index in [0.717, 1.165) is 18.3 Å². The van der Waals surface area contributed by atoms with Gasteiger partial charge in [0.1, 0.15) is 5.82 Å². The number of nitrogens with one attached hydrogen (secondary N) is 1. The Hall–Kier alpha value is -1.06. The predicted octanol–water partition coefficient (Wildman–Crippen LogP) is 1.42. The highest BCUT2D eigenvalue weighted by molar-refractivity contribution is 5.30. The van der Waals surface area contributed by atoms with E-state index in [1.807, 2.05) is 7.05 Å². The van der Waals surface area contributed by atoms with Gasteiger partial charge in [-0.05, 0) is 12.3 Å². The number of nitrogens with zero attached hydrogens (tertiary/aromatic N) is 3. The van der Waals surface area contributed by atoms with Crippen LogP contribution in [0, 0.1) is 5.92 Å². The summed E-state index contributed by atoms with van der Waals surface area (Å²) in [7, 11) is 1.90. The van der Waals surface area contributed by atoms with Gasteiger partial charge < -0.3 is 5.32 Å². The lowest BCUT2D eigenvalue weighted by Crippen LogP contribution is -2.16. The third kappa shape index (κ3) is 1.99. The Morgan fingerprint density at radius 1 is 1.62 bits per heavy atom. The van der Waals surface area contributed by atoms with Gasteiger partial charge in [-0.25, -0.2) is 4.68 Å². The van der Waals surface area contributed by atoms with Gasteiger partial charge in [0.2, 0.25) is 0 Å². The first-order valence-electron chi connectivity index (χ1n) is 4.95. The van der Waals surface area contributed by atoms with E-state index in [2.05, 4.69) is 15.6 Å². The van der Waals surface area contributed by atoms with Crippen LogP contribution < -0.4 is 5.32 Å². The minimum absolute atomic E-state index is 0.966. The molecule has 0 saturated heterocycles. The average molecular weight is 180 g/mol. The molecule has 1 heterocycles. The monoisotopic (exact) mass is 180 g/mol. The first kappa shape index (κ1) is 8.53. The molecule has 0 aromatic carbocycles. The Bertz CT molecular complexity index is 264. The highest BCUT2D eigenvalue weighted by atomic mass is 15.4. The molecule has 72 valence electrons. The van der Waals surface area contributed by atoms with Crippen LogP contribution in [0.15, 0.2) is 6.20 Å². The molecule has 1 aromatic heterocycles. The lowest BCUT2D eigenvalue weighted by Gasteiger charge is -2.25. The van der Waals surface area contributed by atoms with Crippen LogP contribution in [0.5, 0.6) is 0 Å². The Kier molecular flexibility index (Phi) is 2.47. The second kappa shape index (κ2) is 3.77. The summed E-state index contributed by atoms with van der Waals surface area (Å²) in [5.74, 6) is 1.98. The third-order valence-electron chi connectivity index (χ3n) is 2.80. The van der Waals surface area contributed by atoms with Crippen molar-refractivity contribution in [2.75, 3.05) is 11.9 Å². The van der Waals surface area contributed by atoms with Crippen LogP contribution in [0.1, 0.15) is 25.7 Å². The van der Waals surface area contributed by atoms with E-state index in [1.54, 1.807) is 10.9 Å². The fourth-order valence-corrected chi connectivity index (χ4v) is 1.64. The molecule has 4 nitrogen and oxygen atoms in total. The summed E-state index contributed by atoms with van der Waals surface area (Å²) in [6, 6.07) is 0. The van der Waals surface area contributed by atoms with Gasteiger partial charge >= 0.3 is 0 Å². The van der Waals surface area contributed by atoms with Gasteiger partial charge in [0, 0.05) is 13.6 Å². The van der Waals surface area contributed by atoms with Crippen molar-refractivity contribution in [1.29, 1.82) is 0 Å². The largest absolute Gasteiger partial charge is 0.369 e. The van der Waals surface area contributed by atoms with Crippen LogP contribution in [0.4, 0.5) is 5.82 Å². The molecule has 1 N–H and O–H groups in total. The van der Waals surface area contributed by atoms with Gasteiger partial charge in [-0.15, -0.1) is 5.10 Å². The summed E-state index contributed by atoms with van der Waals surface area (Å²) in [5.41, 5.74) is 0. The molecule has 0 bridgehead atoms. The van der Waals surface area contributed by atoms with Crippen LogP contribution in [0.3, 0.4) is 0 Å². The number of rotatable bonds is 4. The van der Waals surface area contributed by atoms with E-state index in [-0.39, 0.29) is 0 Å². The van der Waals surface area contributed by atoms with E-state index in [4.69, 9.17) is 0 Å². The lowest BCUT2D eigenvalue weighted by atomic mass is 9.83. The minimum atomic E-state index is 0.966. The number of hydrogen-bond acceptors (Lipinski definition) is 3. The summed E-state index contributed by atoms with van der Waals surface area (Å²) in [4.78, 5) is 0. The topological polar surface area (TPSA) is 42.7 Å². The second-order valence-corrected chi connectivity index (χ2v) is 3.76. The van der Waals surface area contributed by atoms with Gasteiger partial charge in [0.05, 0.1) is 6.20 Å². The van der Waals surface area contributed by atoms with Crippen molar-refractivity contribution in [3.05, 3.63) is 6.20 Å². The Labute approximate surface area is 78.3 Å². The van der Waals surface area contributed by atoms with Crippen molar-refractivity contribution in [2.45, 2.75) is 25.7 Å². The Morgan fingerprint density at radius 2 is 2.46 bits per heavy atom. The van der Waals surface area contributed by atoms with Crippen LogP contribution in [-0.2, 0) is 7.05 Å². The molecular formula is C9H16N4. The summed E-state index contributed by atoms with van der Waals surface area (Å²) < 4.78 is 1.76. The molecule has 0 unspecified atom stereocenters. The van der Waals surface area contributed by atoms with E-state index in [1.165, 1.54) is 25.7 Å². The van der Waals surface area contributed by atoms with Crippen LogP contribution >= 0.6 is 0 Å². The summed E-state index contributed by atoms with van der Waals surface area (Å²) in [6.45, 7) is 1.05. The maximum absolute atomic E-state index is 3.85. The maximum atomic E-state index is 3.85. The van der Waals surface area contributed by atoms with Gasteiger partial charge in [0.25, 0.3) is 0 Å². The molecular weight excluding hydrogens is 164 g/mol. The first-order valence-corrected chi connectivity index (χ1v) is 4.95. The molecule has 0 spiro atoms. The van der Waals surface area contributed by atoms with E-state index >= 15 is 0 Å². The number of aromatic nitrogens is 3. The quantitative estimate of drug-likeness (QED) is 0.762. The van der Waals surface area contributed by atoms with E-state index in [9.17, 15) is 0 Å². The first-order chi connectivity index (χ1) is 6.36. The van der Waals surface area contributed by atoms with Crippen molar-refractivity contribution < 1.29 is 0 Å². The molecule has 0 amide bonds. The van der Waals surface area contributed by atoms with E-state index < -0.39 is 0 Å². The van der Waals surface area contributed by atoms with Crippen molar-refractivity contribution in [3.8, 4) is 0 Å². The molecule has 1 aliphatic rings. The van der Waals surface area contributed by atoms with Crippen LogP contribution in [0.25, 0.3) is 0 Å². The van der Waals surface area contributed by atoms with E-state index in [0.29, 0.717) is 0 Å². The molecule has 1 fully saturated rings. The minimum Gasteiger partial charge on any atom is -0.369 e. The van der Waals surface area contributed by atoms with Gasteiger partial charge in [-0.3, -0.25) is 0 Å². The predicted molar refractivity (Wildman–Crippen MR) is 51.5 cm³/mol. The average Bonchev–Trinajstić information content (AvgIpc) is 2.42. The second-order valence-electron chi connectivity index (χ2n) is 3.76. The highest BCUT2D eigenvalue weighted by Gasteiger charge is 2.16. The van der Waals surface area contributed by atoms with Crippen molar-refractivity contribution in [1.82, 2.24) is 15.0 Å². The number of aryl methyl sites for hydroxylation is 1. The molecule has 1 saturated carbocycles. The summed E-state index contributed by atoms with van der Waals surface area (Å²) >= 11 is 0. The van der Waals surface area contributed by atoms with Crippen molar-refractivity contribution in [2.24, 2.45) is 13.0 Å². The van der Waals surface area contributed by atoms with Crippen molar-refractivity contribution in [3.63, 3.8) is 0 Å². The standard InChI is InChI=1S/C9H16N4/c1-13-9(7-11-12-13)10-6-5-8-3-2-4-8/h7-8,10H,2-6H2,1H3.